The monoisotopic (exact) mass is 368 g/mol. The fourth-order valence-electron chi connectivity index (χ4n) is 0.958. The Hall–Kier alpha value is 0.0600. The lowest BCUT2D eigenvalue weighted by Gasteiger charge is -2.11. The molecule has 0 unspecified atom stereocenters. The van der Waals surface area contributed by atoms with Crippen molar-refractivity contribution in [2.45, 2.75) is 2.14 Å². The van der Waals surface area contributed by atoms with Crippen molar-refractivity contribution in [2.24, 2.45) is 0 Å². The first-order valence-corrected chi connectivity index (χ1v) is 5.75. The van der Waals surface area contributed by atoms with Gasteiger partial charge < -0.3 is 0 Å². The van der Waals surface area contributed by atoms with Crippen LogP contribution in [-0.4, -0.2) is 10.3 Å². The number of hydrogen-bond donors (Lipinski definition) is 0. The maximum absolute atomic E-state index is 4.59. The van der Waals surface area contributed by atoms with Crippen molar-refractivity contribution >= 4 is 58.8 Å². The number of hydrogen-bond acceptors (Lipinski definition) is 3. The summed E-state index contributed by atoms with van der Waals surface area (Å²) < 4.78 is 4.17. The molecule has 0 saturated heterocycles. The van der Waals surface area contributed by atoms with Crippen LogP contribution in [0.3, 0.4) is 0 Å². The van der Waals surface area contributed by atoms with Gasteiger partial charge in [-0.25, -0.2) is 4.63 Å². The van der Waals surface area contributed by atoms with E-state index < -0.39 is 2.14 Å². The van der Waals surface area contributed by atoms with Gasteiger partial charge in [0, 0.05) is 0 Å². The Balaban J connectivity index is 2.61. The number of alkyl halides is 3. The highest BCUT2D eigenvalue weighted by atomic mass is 80.0. The van der Waals surface area contributed by atoms with E-state index >= 15 is 0 Å². The molecular formula is C7H3Br3N2O. The predicted molar refractivity (Wildman–Crippen MR) is 60.3 cm³/mol. The lowest BCUT2D eigenvalue weighted by atomic mass is 10.2. The van der Waals surface area contributed by atoms with Gasteiger partial charge in [-0.1, -0.05) is 53.9 Å². The minimum absolute atomic E-state index is 0.417. The Morgan fingerprint density at radius 2 is 1.77 bits per heavy atom. The van der Waals surface area contributed by atoms with E-state index in [0.717, 1.165) is 16.6 Å². The fraction of sp³-hybridized carbons (Fsp3) is 0.143. The molecule has 13 heavy (non-hydrogen) atoms. The van der Waals surface area contributed by atoms with E-state index in [1.807, 2.05) is 18.2 Å². The number of halogens is 3. The van der Waals surface area contributed by atoms with Crippen LogP contribution >= 0.6 is 47.8 Å². The average molecular weight is 371 g/mol. The molecule has 0 aliphatic carbocycles. The summed E-state index contributed by atoms with van der Waals surface area (Å²) in [6, 6.07) is 5.65. The topological polar surface area (TPSA) is 38.9 Å². The van der Waals surface area contributed by atoms with Crippen LogP contribution in [0.5, 0.6) is 0 Å². The maximum Gasteiger partial charge on any atom is 0.159 e. The van der Waals surface area contributed by atoms with Gasteiger partial charge in [-0.15, -0.1) is 0 Å². The molecule has 6 heteroatoms. The highest BCUT2D eigenvalue weighted by molar-refractivity contribution is 9.38. The molecule has 3 nitrogen and oxygen atoms in total. The first-order valence-electron chi connectivity index (χ1n) is 3.37. The average Bonchev–Trinajstić information content (AvgIpc) is 2.47. The highest BCUT2D eigenvalue weighted by Gasteiger charge is 2.21. The molecule has 0 spiro atoms. The van der Waals surface area contributed by atoms with E-state index in [4.69, 9.17) is 0 Å². The number of nitrogens with zero attached hydrogens (tertiary/aromatic N) is 2. The molecule has 0 bridgehead atoms. The Morgan fingerprint density at radius 1 is 1.08 bits per heavy atom. The zero-order chi connectivity index (χ0) is 9.47. The molecule has 2 rings (SSSR count). The van der Waals surface area contributed by atoms with Crippen LogP contribution in [0.2, 0.25) is 0 Å². The number of fused-ring (bicyclic) bond motifs is 1. The molecule has 0 N–H and O–H groups in total. The maximum atomic E-state index is 4.59. The zero-order valence-electron chi connectivity index (χ0n) is 6.17. The molecule has 2 aromatic rings. The van der Waals surface area contributed by atoms with Crippen LogP contribution in [0.4, 0.5) is 0 Å². The summed E-state index contributed by atoms with van der Waals surface area (Å²) in [7, 11) is 0. The third kappa shape index (κ3) is 1.94. The van der Waals surface area contributed by atoms with Gasteiger partial charge in [0.2, 0.25) is 0 Å². The molecule has 0 atom stereocenters. The van der Waals surface area contributed by atoms with Gasteiger partial charge in [-0.2, -0.15) is 0 Å². The predicted octanol–water partition coefficient (Wildman–Crippen LogP) is 3.52. The van der Waals surface area contributed by atoms with Gasteiger partial charge in [0.25, 0.3) is 0 Å². The van der Waals surface area contributed by atoms with Crippen LogP contribution in [0.25, 0.3) is 11.0 Å². The molecule has 0 radical (unpaired) electrons. The van der Waals surface area contributed by atoms with E-state index in [9.17, 15) is 0 Å². The van der Waals surface area contributed by atoms with Crippen molar-refractivity contribution in [3.05, 3.63) is 23.8 Å². The summed E-state index contributed by atoms with van der Waals surface area (Å²) in [6.07, 6.45) is 0. The Morgan fingerprint density at radius 3 is 2.46 bits per heavy atom. The third-order valence-corrected chi connectivity index (χ3v) is 2.95. The first-order chi connectivity index (χ1) is 6.07. The number of benzene rings is 1. The van der Waals surface area contributed by atoms with E-state index in [0.29, 0.717) is 0 Å². The summed E-state index contributed by atoms with van der Waals surface area (Å²) in [4.78, 5) is 0. The lowest BCUT2D eigenvalue weighted by Crippen LogP contribution is -1.96. The van der Waals surface area contributed by atoms with Crippen LogP contribution < -0.4 is 0 Å². The summed E-state index contributed by atoms with van der Waals surface area (Å²) in [5.74, 6) is 0. The number of aromatic nitrogens is 2. The smallest absolute Gasteiger partial charge is 0.159 e. The second kappa shape index (κ2) is 3.33. The molecular weight excluding hydrogens is 368 g/mol. The summed E-state index contributed by atoms with van der Waals surface area (Å²) in [5, 5.41) is 7.45. The summed E-state index contributed by atoms with van der Waals surface area (Å²) >= 11 is 10.2. The standard InChI is InChI=1S/C7H3Br3N2O/c8-7(9,10)4-1-2-5-6(3-4)12-13-11-5/h1-3H. The van der Waals surface area contributed by atoms with Gasteiger partial charge in [0.05, 0.1) is 0 Å². The van der Waals surface area contributed by atoms with Crippen molar-refractivity contribution in [3.8, 4) is 0 Å². The molecule has 0 fully saturated rings. The third-order valence-electron chi connectivity index (χ3n) is 1.58. The van der Waals surface area contributed by atoms with Gasteiger partial charge >= 0.3 is 0 Å². The Bertz CT molecular complexity index is 434. The van der Waals surface area contributed by atoms with Crippen molar-refractivity contribution in [3.63, 3.8) is 0 Å². The Kier molecular flexibility index (Phi) is 2.46. The minimum atomic E-state index is -0.417. The molecule has 0 saturated carbocycles. The normalized spacial score (nSPS) is 12.2. The molecule has 1 aromatic heterocycles. The lowest BCUT2D eigenvalue weighted by molar-refractivity contribution is 0.315. The van der Waals surface area contributed by atoms with Gasteiger partial charge in [0.1, 0.15) is 11.0 Å². The SMILES string of the molecule is BrC(Br)(Br)c1ccc2nonc2c1. The van der Waals surface area contributed by atoms with E-state index in [1.54, 1.807) is 0 Å². The molecule has 0 aliphatic rings. The summed E-state index contributed by atoms with van der Waals surface area (Å²) in [6.45, 7) is 0. The van der Waals surface area contributed by atoms with E-state index in [-0.39, 0.29) is 0 Å². The highest BCUT2D eigenvalue weighted by Crippen LogP contribution is 2.44. The zero-order valence-corrected chi connectivity index (χ0v) is 10.9. The van der Waals surface area contributed by atoms with Crippen molar-refractivity contribution in [2.75, 3.05) is 0 Å². The van der Waals surface area contributed by atoms with Crippen LogP contribution in [0, 0.1) is 0 Å². The molecule has 1 heterocycles. The van der Waals surface area contributed by atoms with Crippen LogP contribution in [-0.2, 0) is 2.14 Å². The molecule has 0 aliphatic heterocycles. The molecule has 68 valence electrons. The van der Waals surface area contributed by atoms with E-state index in [1.165, 1.54) is 0 Å². The van der Waals surface area contributed by atoms with Crippen LogP contribution in [0.15, 0.2) is 22.8 Å². The fourth-order valence-corrected chi connectivity index (χ4v) is 1.70. The minimum Gasteiger partial charge on any atom is -0.243 e. The van der Waals surface area contributed by atoms with Gasteiger partial charge in [0.15, 0.2) is 2.14 Å². The van der Waals surface area contributed by atoms with Gasteiger partial charge in [-0.3, -0.25) is 0 Å². The van der Waals surface area contributed by atoms with Crippen molar-refractivity contribution in [1.29, 1.82) is 0 Å². The van der Waals surface area contributed by atoms with Crippen molar-refractivity contribution in [1.82, 2.24) is 10.3 Å². The molecule has 0 amide bonds. The quantitative estimate of drug-likeness (QED) is 0.666. The Labute approximate surface area is 99.2 Å². The van der Waals surface area contributed by atoms with Gasteiger partial charge in [-0.05, 0) is 28.0 Å². The second-order valence-corrected chi connectivity index (χ2v) is 9.23. The summed E-state index contributed by atoms with van der Waals surface area (Å²) in [5.41, 5.74) is 2.48. The largest absolute Gasteiger partial charge is 0.243 e. The number of rotatable bonds is 0. The molecule has 1 aromatic carbocycles. The second-order valence-electron chi connectivity index (χ2n) is 2.47. The van der Waals surface area contributed by atoms with E-state index in [2.05, 4.69) is 62.7 Å². The first kappa shape index (κ1) is 9.61. The van der Waals surface area contributed by atoms with Crippen LogP contribution in [0.1, 0.15) is 5.56 Å². The van der Waals surface area contributed by atoms with Crippen molar-refractivity contribution < 1.29 is 4.63 Å².